The molecule has 1 rings (SSSR count). The molecule has 114 valence electrons. The number of hydrazone groups is 1. The van der Waals surface area contributed by atoms with Crippen molar-refractivity contribution in [3.05, 3.63) is 24.3 Å². The Morgan fingerprint density at radius 1 is 1.33 bits per heavy atom. The van der Waals surface area contributed by atoms with Gasteiger partial charge in [-0.25, -0.2) is 0 Å². The highest BCUT2D eigenvalue weighted by molar-refractivity contribution is 7.85. The monoisotopic (exact) mass is 313 g/mol. The molecule has 0 aromatic heterocycles. The lowest BCUT2D eigenvalue weighted by molar-refractivity contribution is -0.111. The van der Waals surface area contributed by atoms with Gasteiger partial charge in [0.2, 0.25) is 0 Å². The highest BCUT2D eigenvalue weighted by Gasteiger charge is 2.16. The van der Waals surface area contributed by atoms with Crippen molar-refractivity contribution in [2.75, 3.05) is 19.5 Å². The van der Waals surface area contributed by atoms with Crippen molar-refractivity contribution in [1.29, 1.82) is 5.41 Å². The molecule has 0 unspecified atom stereocenters. The van der Waals surface area contributed by atoms with E-state index in [-0.39, 0.29) is 16.4 Å². The molecule has 21 heavy (non-hydrogen) atoms. The fourth-order valence-corrected chi connectivity index (χ4v) is 1.74. The molecule has 1 aromatic carbocycles. The van der Waals surface area contributed by atoms with Gasteiger partial charge in [0, 0.05) is 14.1 Å². The van der Waals surface area contributed by atoms with Crippen molar-refractivity contribution in [3.63, 3.8) is 0 Å². The van der Waals surface area contributed by atoms with Gasteiger partial charge in [-0.15, -0.1) is 0 Å². The highest BCUT2D eigenvalue weighted by atomic mass is 32.2. The number of hydrogen-bond acceptors (Lipinski definition) is 6. The summed E-state index contributed by atoms with van der Waals surface area (Å²) in [5.41, 5.74) is 7.69. The van der Waals surface area contributed by atoms with Crippen LogP contribution in [-0.2, 0) is 14.9 Å². The van der Waals surface area contributed by atoms with Crippen LogP contribution in [0.2, 0.25) is 0 Å². The number of primary amides is 1. The van der Waals surface area contributed by atoms with Gasteiger partial charge in [-0.2, -0.15) is 13.5 Å². The van der Waals surface area contributed by atoms with Crippen LogP contribution in [-0.4, -0.2) is 49.4 Å². The SMILES string of the molecule is CN(C)C(=N)C(=NNc1ccc(S(=O)(=O)O)cc1)C(N)=O. The van der Waals surface area contributed by atoms with Crippen LogP contribution in [0.3, 0.4) is 0 Å². The lowest BCUT2D eigenvalue weighted by Gasteiger charge is -2.13. The lowest BCUT2D eigenvalue weighted by atomic mass is 10.3. The lowest BCUT2D eigenvalue weighted by Crippen LogP contribution is -2.38. The van der Waals surface area contributed by atoms with Gasteiger partial charge in [0.25, 0.3) is 16.0 Å². The third-order valence-corrected chi connectivity index (χ3v) is 3.22. The Kier molecular flexibility index (Phi) is 5.00. The van der Waals surface area contributed by atoms with E-state index >= 15 is 0 Å². The molecule has 5 N–H and O–H groups in total. The van der Waals surface area contributed by atoms with Gasteiger partial charge >= 0.3 is 0 Å². The average molecular weight is 313 g/mol. The van der Waals surface area contributed by atoms with E-state index in [1.807, 2.05) is 0 Å². The van der Waals surface area contributed by atoms with Crippen LogP contribution in [0.25, 0.3) is 0 Å². The molecular weight excluding hydrogens is 298 g/mol. The Morgan fingerprint density at radius 3 is 2.24 bits per heavy atom. The van der Waals surface area contributed by atoms with E-state index in [4.69, 9.17) is 15.7 Å². The largest absolute Gasteiger partial charge is 0.364 e. The Bertz CT molecular complexity index is 679. The van der Waals surface area contributed by atoms with Crippen molar-refractivity contribution in [2.45, 2.75) is 4.90 Å². The molecule has 1 amide bonds. The van der Waals surface area contributed by atoms with E-state index in [0.29, 0.717) is 5.69 Å². The molecule has 1 aromatic rings. The van der Waals surface area contributed by atoms with E-state index in [2.05, 4.69) is 10.5 Å². The van der Waals surface area contributed by atoms with Crippen LogP contribution < -0.4 is 11.2 Å². The van der Waals surface area contributed by atoms with Gasteiger partial charge in [0.1, 0.15) is 0 Å². The minimum absolute atomic E-state index is 0.176. The second kappa shape index (κ2) is 6.33. The second-order valence-corrected chi connectivity index (χ2v) is 5.60. The average Bonchev–Trinajstić information content (AvgIpc) is 2.37. The Balaban J connectivity index is 2.97. The standard InChI is InChI=1S/C11H15N5O4S/c1-16(2)10(12)9(11(13)17)15-14-7-3-5-8(6-4-7)21(18,19)20/h3-6,12,14H,1-2H3,(H2,13,17)(H,18,19,20). The van der Waals surface area contributed by atoms with E-state index in [1.54, 1.807) is 14.1 Å². The van der Waals surface area contributed by atoms with Crippen molar-refractivity contribution in [2.24, 2.45) is 10.8 Å². The number of nitrogens with two attached hydrogens (primary N) is 1. The molecule has 0 atom stereocenters. The molecule has 0 saturated heterocycles. The van der Waals surface area contributed by atoms with Crippen LogP contribution in [0.5, 0.6) is 0 Å². The summed E-state index contributed by atoms with van der Waals surface area (Å²) in [6.07, 6.45) is 0. The summed E-state index contributed by atoms with van der Waals surface area (Å²) in [6.45, 7) is 0. The predicted molar refractivity (Wildman–Crippen MR) is 77.9 cm³/mol. The van der Waals surface area contributed by atoms with Gasteiger partial charge in [-0.1, -0.05) is 0 Å². The summed E-state index contributed by atoms with van der Waals surface area (Å²) >= 11 is 0. The first-order chi connectivity index (χ1) is 9.62. The van der Waals surface area contributed by atoms with Gasteiger partial charge in [0.05, 0.1) is 10.6 Å². The van der Waals surface area contributed by atoms with Gasteiger partial charge in [-0.3, -0.25) is 20.2 Å². The summed E-state index contributed by atoms with van der Waals surface area (Å²) in [7, 11) is -1.15. The van der Waals surface area contributed by atoms with Gasteiger partial charge in [0.15, 0.2) is 11.5 Å². The topological polar surface area (TPSA) is 149 Å². The third-order valence-electron chi connectivity index (χ3n) is 2.35. The third kappa shape index (κ3) is 4.54. The Morgan fingerprint density at radius 2 is 1.86 bits per heavy atom. The molecule has 0 spiro atoms. The van der Waals surface area contributed by atoms with Gasteiger partial charge < -0.3 is 10.6 Å². The molecule has 0 aliphatic heterocycles. The number of amides is 1. The second-order valence-electron chi connectivity index (χ2n) is 4.18. The fourth-order valence-electron chi connectivity index (χ4n) is 1.26. The number of nitrogens with zero attached hydrogens (tertiary/aromatic N) is 2. The van der Waals surface area contributed by atoms with E-state index in [9.17, 15) is 13.2 Å². The molecule has 0 saturated carbocycles. The van der Waals surface area contributed by atoms with E-state index < -0.39 is 16.0 Å². The predicted octanol–water partition coefficient (Wildman–Crippen LogP) is -0.275. The number of carbonyl (C=O) groups excluding carboxylic acids is 1. The molecule has 0 bridgehead atoms. The van der Waals surface area contributed by atoms with Crippen molar-refractivity contribution in [1.82, 2.24) is 4.90 Å². The molecule has 9 nitrogen and oxygen atoms in total. The number of rotatable bonds is 5. The maximum absolute atomic E-state index is 11.2. The van der Waals surface area contributed by atoms with E-state index in [1.165, 1.54) is 17.0 Å². The van der Waals surface area contributed by atoms with Crippen LogP contribution >= 0.6 is 0 Å². The number of carbonyl (C=O) groups is 1. The van der Waals surface area contributed by atoms with Crippen LogP contribution in [0.1, 0.15) is 0 Å². The molecule has 10 heteroatoms. The maximum atomic E-state index is 11.2. The van der Waals surface area contributed by atoms with Crippen molar-refractivity contribution in [3.8, 4) is 0 Å². The first kappa shape index (κ1) is 16.6. The molecular formula is C11H15N5O4S. The summed E-state index contributed by atoms with van der Waals surface area (Å²) in [5, 5.41) is 11.4. The van der Waals surface area contributed by atoms with Crippen LogP contribution in [0.15, 0.2) is 34.3 Å². The zero-order chi connectivity index (χ0) is 16.2. The van der Waals surface area contributed by atoms with E-state index in [0.717, 1.165) is 12.1 Å². The summed E-state index contributed by atoms with van der Waals surface area (Å²) in [4.78, 5) is 12.3. The maximum Gasteiger partial charge on any atom is 0.294 e. The summed E-state index contributed by atoms with van der Waals surface area (Å²) < 4.78 is 30.6. The summed E-state index contributed by atoms with van der Waals surface area (Å²) in [6, 6.07) is 5.00. The fraction of sp³-hybridized carbons (Fsp3) is 0.182. The quantitative estimate of drug-likeness (QED) is 0.254. The minimum Gasteiger partial charge on any atom is -0.364 e. The first-order valence-electron chi connectivity index (χ1n) is 5.60. The molecule has 0 heterocycles. The van der Waals surface area contributed by atoms with Crippen LogP contribution in [0, 0.1) is 5.41 Å². The number of nitrogens with one attached hydrogen (secondary N) is 2. The molecule has 0 aliphatic rings. The molecule has 0 fully saturated rings. The van der Waals surface area contributed by atoms with Gasteiger partial charge in [-0.05, 0) is 24.3 Å². The summed E-state index contributed by atoms with van der Waals surface area (Å²) in [5.74, 6) is -1.06. The highest BCUT2D eigenvalue weighted by Crippen LogP contribution is 2.13. The van der Waals surface area contributed by atoms with Crippen LogP contribution in [0.4, 0.5) is 5.69 Å². The zero-order valence-electron chi connectivity index (χ0n) is 11.4. The Labute approximate surface area is 121 Å². The molecule has 0 aliphatic carbocycles. The smallest absolute Gasteiger partial charge is 0.294 e. The molecule has 0 radical (unpaired) electrons. The van der Waals surface area contributed by atoms with Crippen molar-refractivity contribution < 1.29 is 17.8 Å². The first-order valence-corrected chi connectivity index (χ1v) is 7.04. The zero-order valence-corrected chi connectivity index (χ0v) is 12.2. The Hall–Kier alpha value is -2.46. The minimum atomic E-state index is -4.27. The number of anilines is 1. The number of hydrogen-bond donors (Lipinski definition) is 4. The number of amidine groups is 1. The normalized spacial score (nSPS) is 11.9. The number of benzene rings is 1. The van der Waals surface area contributed by atoms with Crippen molar-refractivity contribution >= 4 is 33.3 Å².